The van der Waals surface area contributed by atoms with Crippen LogP contribution in [0.4, 0.5) is 0 Å². The van der Waals surface area contributed by atoms with Crippen molar-refractivity contribution in [2.24, 2.45) is 29.6 Å². The van der Waals surface area contributed by atoms with Gasteiger partial charge in [0, 0.05) is 11.8 Å². The maximum absolute atomic E-state index is 11.2. The maximum atomic E-state index is 11.2. The van der Waals surface area contributed by atoms with E-state index in [-0.39, 0.29) is 29.5 Å². The molecule has 3 heteroatoms. The van der Waals surface area contributed by atoms with Gasteiger partial charge in [0.05, 0.1) is 5.92 Å². The second kappa shape index (κ2) is 1.36. The molecule has 4 bridgehead atoms. The molecule has 4 unspecified atom stereocenters. The molecule has 4 aliphatic carbocycles. The topological polar surface area (TPSA) is 54.4 Å². The Bertz CT molecular complexity index is 271. The molecule has 4 saturated carbocycles. The van der Waals surface area contributed by atoms with E-state index in [0.717, 1.165) is 6.42 Å². The van der Waals surface area contributed by atoms with E-state index >= 15 is 0 Å². The van der Waals surface area contributed by atoms with Crippen molar-refractivity contribution in [1.82, 2.24) is 0 Å². The summed E-state index contributed by atoms with van der Waals surface area (Å²) in [6.45, 7) is 0. The molecule has 0 aromatic carbocycles. The highest BCUT2D eigenvalue weighted by molar-refractivity contribution is 5.98. The lowest BCUT2D eigenvalue weighted by molar-refractivity contribution is -0.144. The highest BCUT2D eigenvalue weighted by Gasteiger charge is 2.75. The molecule has 0 heterocycles. The maximum Gasteiger partial charge on any atom is 0.307 e. The molecular weight excluding hydrogens is 144 g/mol. The fraction of sp³-hybridized carbons (Fsp3) is 0.750. The van der Waals surface area contributed by atoms with Crippen molar-refractivity contribution in [1.29, 1.82) is 0 Å². The van der Waals surface area contributed by atoms with E-state index in [0.29, 0.717) is 5.92 Å². The van der Waals surface area contributed by atoms with Gasteiger partial charge in [0.1, 0.15) is 5.78 Å². The van der Waals surface area contributed by atoms with Gasteiger partial charge in [-0.1, -0.05) is 0 Å². The van der Waals surface area contributed by atoms with Gasteiger partial charge < -0.3 is 5.11 Å². The number of rotatable bonds is 1. The SMILES string of the molecule is O=C(O)C1C2CC3C(C2=O)[C@@H]31. The van der Waals surface area contributed by atoms with E-state index in [2.05, 4.69) is 0 Å². The van der Waals surface area contributed by atoms with Crippen LogP contribution in [0.1, 0.15) is 6.42 Å². The van der Waals surface area contributed by atoms with Gasteiger partial charge in [-0.15, -0.1) is 0 Å². The van der Waals surface area contributed by atoms with Crippen molar-refractivity contribution in [2.45, 2.75) is 6.42 Å². The first-order valence-corrected chi connectivity index (χ1v) is 3.98. The van der Waals surface area contributed by atoms with Crippen LogP contribution in [0, 0.1) is 29.6 Å². The molecular formula is C8H8O3. The zero-order valence-corrected chi connectivity index (χ0v) is 5.86. The van der Waals surface area contributed by atoms with Crippen LogP contribution in [0.3, 0.4) is 0 Å². The number of hydrogen-bond donors (Lipinski definition) is 1. The van der Waals surface area contributed by atoms with Gasteiger partial charge in [-0.2, -0.15) is 0 Å². The molecule has 0 saturated heterocycles. The monoisotopic (exact) mass is 152 g/mol. The summed E-state index contributed by atoms with van der Waals surface area (Å²) in [6.07, 6.45) is 0.866. The smallest absolute Gasteiger partial charge is 0.307 e. The highest BCUT2D eigenvalue weighted by Crippen LogP contribution is 2.71. The van der Waals surface area contributed by atoms with Crippen molar-refractivity contribution in [3.05, 3.63) is 0 Å². The average molecular weight is 152 g/mol. The Morgan fingerprint density at radius 1 is 1.55 bits per heavy atom. The Hall–Kier alpha value is -0.860. The molecule has 0 radical (unpaired) electrons. The lowest BCUT2D eigenvalue weighted by Gasteiger charge is -2.05. The van der Waals surface area contributed by atoms with Crippen molar-refractivity contribution >= 4 is 11.8 Å². The second-order valence-electron chi connectivity index (χ2n) is 3.88. The third kappa shape index (κ3) is 0.424. The number of carboxylic acids is 1. The molecule has 11 heavy (non-hydrogen) atoms. The second-order valence-corrected chi connectivity index (χ2v) is 3.88. The molecule has 0 spiro atoms. The molecule has 3 nitrogen and oxygen atoms in total. The van der Waals surface area contributed by atoms with E-state index in [1.165, 1.54) is 0 Å². The van der Waals surface area contributed by atoms with E-state index < -0.39 is 5.97 Å². The lowest BCUT2D eigenvalue weighted by atomic mass is 9.98. The molecule has 4 rings (SSSR count). The molecule has 0 aromatic rings. The van der Waals surface area contributed by atoms with Crippen LogP contribution in [-0.2, 0) is 9.59 Å². The van der Waals surface area contributed by atoms with E-state index in [1.807, 2.05) is 0 Å². The van der Waals surface area contributed by atoms with Gasteiger partial charge in [0.15, 0.2) is 0 Å². The van der Waals surface area contributed by atoms with Crippen molar-refractivity contribution in [3.63, 3.8) is 0 Å². The molecule has 0 amide bonds. The summed E-state index contributed by atoms with van der Waals surface area (Å²) in [5.41, 5.74) is 0. The Morgan fingerprint density at radius 2 is 2.27 bits per heavy atom. The first-order valence-electron chi connectivity index (χ1n) is 3.98. The van der Waals surface area contributed by atoms with Crippen molar-refractivity contribution in [3.8, 4) is 0 Å². The lowest BCUT2D eigenvalue weighted by Crippen LogP contribution is -2.19. The summed E-state index contributed by atoms with van der Waals surface area (Å²) in [5.74, 6) is -0.0482. The largest absolute Gasteiger partial charge is 0.481 e. The first kappa shape index (κ1) is 5.75. The first-order chi connectivity index (χ1) is 5.22. The van der Waals surface area contributed by atoms with Crippen LogP contribution in [0.5, 0.6) is 0 Å². The molecule has 58 valence electrons. The minimum atomic E-state index is -0.754. The Balaban J connectivity index is 2.03. The van der Waals surface area contributed by atoms with E-state index in [1.54, 1.807) is 0 Å². The van der Waals surface area contributed by atoms with E-state index in [9.17, 15) is 9.59 Å². The van der Waals surface area contributed by atoms with Gasteiger partial charge in [0.2, 0.25) is 0 Å². The third-order valence-corrected chi connectivity index (χ3v) is 3.58. The van der Waals surface area contributed by atoms with Gasteiger partial charge in [0.25, 0.3) is 0 Å². The molecule has 0 aromatic heterocycles. The van der Waals surface area contributed by atoms with E-state index in [4.69, 9.17) is 5.11 Å². The summed E-state index contributed by atoms with van der Waals surface area (Å²) >= 11 is 0. The fourth-order valence-electron chi connectivity index (χ4n) is 3.18. The van der Waals surface area contributed by atoms with Crippen LogP contribution in [0.15, 0.2) is 0 Å². The number of carbonyl (C=O) groups is 2. The molecule has 5 atom stereocenters. The summed E-state index contributed by atoms with van der Waals surface area (Å²) in [4.78, 5) is 21.9. The summed E-state index contributed by atoms with van der Waals surface area (Å²) in [5, 5.41) is 8.77. The summed E-state index contributed by atoms with van der Waals surface area (Å²) in [7, 11) is 0. The van der Waals surface area contributed by atoms with Crippen LogP contribution in [0.25, 0.3) is 0 Å². The van der Waals surface area contributed by atoms with Gasteiger partial charge >= 0.3 is 5.97 Å². The quantitative estimate of drug-likeness (QED) is 0.582. The third-order valence-electron chi connectivity index (χ3n) is 3.58. The fourth-order valence-corrected chi connectivity index (χ4v) is 3.18. The molecule has 0 aliphatic heterocycles. The minimum absolute atomic E-state index is 0.104. The number of ketones is 1. The zero-order chi connectivity index (χ0) is 7.75. The van der Waals surface area contributed by atoms with Crippen molar-refractivity contribution in [2.75, 3.05) is 0 Å². The van der Waals surface area contributed by atoms with Crippen LogP contribution < -0.4 is 0 Å². The van der Waals surface area contributed by atoms with Crippen LogP contribution >= 0.6 is 0 Å². The highest BCUT2D eigenvalue weighted by atomic mass is 16.4. The summed E-state index contributed by atoms with van der Waals surface area (Å²) < 4.78 is 0. The molecule has 4 fully saturated rings. The number of hydrogen-bond acceptors (Lipinski definition) is 2. The number of carboxylic acid groups (broad SMARTS) is 1. The zero-order valence-electron chi connectivity index (χ0n) is 5.86. The Kier molecular flexibility index (Phi) is 0.708. The summed E-state index contributed by atoms with van der Waals surface area (Å²) in [6, 6.07) is 0. The Labute approximate surface area is 63.4 Å². The standard InChI is InChI=1S/C8H8O3/c9-7-3-1-2-4(5(2)7)6(3)8(10)11/h2-6H,1H2,(H,10,11)/t2?,3?,4-,5?,6?/m1/s1. The minimum Gasteiger partial charge on any atom is -0.481 e. The van der Waals surface area contributed by atoms with Gasteiger partial charge in [-0.25, -0.2) is 0 Å². The number of Topliss-reactive ketones (excluding diaryl/α,β-unsaturated/α-hetero) is 1. The average Bonchev–Trinajstić information content (AvgIpc) is 2.33. The number of aliphatic carboxylic acids is 1. The van der Waals surface area contributed by atoms with Gasteiger partial charge in [-0.05, 0) is 18.3 Å². The predicted octanol–water partition coefficient (Wildman–Crippen LogP) is 0.152. The van der Waals surface area contributed by atoms with Crippen molar-refractivity contribution < 1.29 is 14.7 Å². The Morgan fingerprint density at radius 3 is 2.45 bits per heavy atom. The normalized spacial score (nSPS) is 56.7. The van der Waals surface area contributed by atoms with Crippen LogP contribution in [-0.4, -0.2) is 16.9 Å². The van der Waals surface area contributed by atoms with Crippen LogP contribution in [0.2, 0.25) is 0 Å². The predicted molar refractivity (Wildman–Crippen MR) is 34.7 cm³/mol. The van der Waals surface area contributed by atoms with Gasteiger partial charge in [-0.3, -0.25) is 9.59 Å². The number of carbonyl (C=O) groups excluding carboxylic acids is 1. The molecule has 1 N–H and O–H groups in total. The molecule has 4 aliphatic rings.